The molecule has 6 heteroatoms. The minimum atomic E-state index is -0.0850. The maximum absolute atomic E-state index is 9.48. The fourth-order valence-electron chi connectivity index (χ4n) is 2.83. The Morgan fingerprint density at radius 3 is 2.89 bits per heavy atom. The lowest BCUT2D eigenvalue weighted by atomic mass is 9.86. The number of aliphatic hydroxyl groups excluding tert-OH is 1. The predicted molar refractivity (Wildman–Crippen MR) is 72.8 cm³/mol. The molecule has 0 aromatic carbocycles. The summed E-state index contributed by atoms with van der Waals surface area (Å²) in [6.45, 7) is 4.05. The number of hydrogen-bond donors (Lipinski definition) is 2. The summed E-state index contributed by atoms with van der Waals surface area (Å²) in [6.07, 6.45) is 0.869. The van der Waals surface area contributed by atoms with Crippen LogP contribution < -0.4 is 5.73 Å². The van der Waals surface area contributed by atoms with Crippen LogP contribution in [0.4, 0.5) is 5.00 Å². The summed E-state index contributed by atoms with van der Waals surface area (Å²) < 4.78 is 5.23. The molecular weight excluding hydrogens is 262 g/mol. The fraction of sp³-hybridized carbons (Fsp3) is 0.615. The van der Waals surface area contributed by atoms with Crippen molar-refractivity contribution in [2.45, 2.75) is 13.0 Å². The third kappa shape index (κ3) is 2.13. The molecule has 1 aromatic heterocycles. The van der Waals surface area contributed by atoms with Gasteiger partial charge in [-0.05, 0) is 12.0 Å². The van der Waals surface area contributed by atoms with Crippen molar-refractivity contribution in [1.29, 1.82) is 5.26 Å². The lowest BCUT2D eigenvalue weighted by Gasteiger charge is -2.44. The average molecular weight is 279 g/mol. The van der Waals surface area contributed by atoms with Crippen molar-refractivity contribution >= 4 is 16.3 Å². The Hall–Kier alpha value is -1.13. The summed E-state index contributed by atoms with van der Waals surface area (Å²) in [5.74, 6) is 0. The van der Waals surface area contributed by atoms with E-state index < -0.39 is 0 Å². The molecule has 0 saturated carbocycles. The maximum Gasteiger partial charge on any atom is 0.104 e. The van der Waals surface area contributed by atoms with E-state index in [9.17, 15) is 5.11 Å². The molecular formula is C13H17N3O2S. The van der Waals surface area contributed by atoms with Crippen LogP contribution >= 0.6 is 11.3 Å². The van der Waals surface area contributed by atoms with Gasteiger partial charge in [0.2, 0.25) is 0 Å². The SMILES string of the molecule is N#Cc1c(N)sc2c1CCN(CC1(CO)COC1)C2. The van der Waals surface area contributed by atoms with Crippen molar-refractivity contribution in [3.63, 3.8) is 0 Å². The first-order valence-electron chi connectivity index (χ1n) is 6.38. The Kier molecular flexibility index (Phi) is 3.23. The van der Waals surface area contributed by atoms with Crippen LogP contribution in [0.2, 0.25) is 0 Å². The second kappa shape index (κ2) is 4.76. The Labute approximate surface area is 116 Å². The third-order valence-corrected chi connectivity index (χ3v) is 5.03. The highest BCUT2D eigenvalue weighted by atomic mass is 32.1. The van der Waals surface area contributed by atoms with Gasteiger partial charge in [-0.15, -0.1) is 11.3 Å². The highest BCUT2D eigenvalue weighted by Gasteiger charge is 2.40. The van der Waals surface area contributed by atoms with E-state index in [2.05, 4.69) is 11.0 Å². The van der Waals surface area contributed by atoms with Crippen molar-refractivity contribution in [2.75, 3.05) is 38.6 Å². The van der Waals surface area contributed by atoms with Gasteiger partial charge in [0, 0.05) is 24.5 Å². The zero-order valence-electron chi connectivity index (χ0n) is 10.7. The van der Waals surface area contributed by atoms with Crippen LogP contribution in [0.1, 0.15) is 16.0 Å². The van der Waals surface area contributed by atoms with Gasteiger partial charge >= 0.3 is 0 Å². The Morgan fingerprint density at radius 2 is 2.32 bits per heavy atom. The smallest absolute Gasteiger partial charge is 0.104 e. The Balaban J connectivity index is 1.74. The molecule has 0 amide bonds. The number of nitriles is 1. The minimum absolute atomic E-state index is 0.0850. The fourth-order valence-corrected chi connectivity index (χ4v) is 3.94. The van der Waals surface area contributed by atoms with Crippen molar-refractivity contribution < 1.29 is 9.84 Å². The van der Waals surface area contributed by atoms with Crippen molar-refractivity contribution in [1.82, 2.24) is 4.90 Å². The first-order chi connectivity index (χ1) is 9.17. The van der Waals surface area contributed by atoms with E-state index >= 15 is 0 Å². The van der Waals surface area contributed by atoms with E-state index in [1.54, 1.807) is 0 Å². The van der Waals surface area contributed by atoms with E-state index in [1.807, 2.05) is 0 Å². The van der Waals surface area contributed by atoms with Crippen LogP contribution in [0.5, 0.6) is 0 Å². The van der Waals surface area contributed by atoms with E-state index in [4.69, 9.17) is 15.7 Å². The van der Waals surface area contributed by atoms with E-state index in [0.29, 0.717) is 23.8 Å². The monoisotopic (exact) mass is 279 g/mol. The number of rotatable bonds is 3. The topological polar surface area (TPSA) is 82.5 Å². The van der Waals surface area contributed by atoms with E-state index in [0.717, 1.165) is 31.6 Å². The molecule has 2 aliphatic heterocycles. The lowest BCUT2D eigenvalue weighted by Crippen LogP contribution is -2.53. The van der Waals surface area contributed by atoms with Crippen LogP contribution in [0.3, 0.4) is 0 Å². The molecule has 0 atom stereocenters. The number of nitrogen functional groups attached to an aromatic ring is 1. The Morgan fingerprint density at radius 1 is 1.53 bits per heavy atom. The highest BCUT2D eigenvalue weighted by Crippen LogP contribution is 2.36. The molecule has 102 valence electrons. The van der Waals surface area contributed by atoms with E-state index in [-0.39, 0.29) is 12.0 Å². The Bertz CT molecular complexity index is 525. The number of aliphatic hydroxyl groups is 1. The summed E-state index contributed by atoms with van der Waals surface area (Å²) in [5.41, 5.74) is 7.60. The molecule has 0 unspecified atom stereocenters. The van der Waals surface area contributed by atoms with E-state index in [1.165, 1.54) is 16.2 Å². The number of thiophene rings is 1. The number of fused-ring (bicyclic) bond motifs is 1. The minimum Gasteiger partial charge on any atom is -0.396 e. The van der Waals surface area contributed by atoms with Gasteiger partial charge in [0.1, 0.15) is 11.1 Å². The number of anilines is 1. The molecule has 2 aliphatic rings. The molecule has 0 radical (unpaired) electrons. The summed E-state index contributed by atoms with van der Waals surface area (Å²) in [6, 6.07) is 2.21. The summed E-state index contributed by atoms with van der Waals surface area (Å²) >= 11 is 1.52. The second-order valence-corrected chi connectivity index (χ2v) is 6.60. The maximum atomic E-state index is 9.48. The van der Waals surface area contributed by atoms with Crippen LogP contribution in [0.25, 0.3) is 0 Å². The number of nitrogens with zero attached hydrogens (tertiary/aromatic N) is 2. The van der Waals surface area contributed by atoms with Crippen molar-refractivity contribution in [2.24, 2.45) is 5.41 Å². The highest BCUT2D eigenvalue weighted by molar-refractivity contribution is 7.16. The normalized spacial score (nSPS) is 21.5. The van der Waals surface area contributed by atoms with Gasteiger partial charge in [-0.2, -0.15) is 5.26 Å². The molecule has 1 fully saturated rings. The van der Waals surface area contributed by atoms with Crippen LogP contribution in [-0.2, 0) is 17.7 Å². The predicted octanol–water partition coefficient (Wildman–Crippen LogP) is 0.569. The van der Waals surface area contributed by atoms with Crippen LogP contribution in [0.15, 0.2) is 0 Å². The van der Waals surface area contributed by atoms with Crippen LogP contribution in [0, 0.1) is 16.7 Å². The second-order valence-electron chi connectivity index (χ2n) is 5.47. The number of nitrogens with two attached hydrogens (primary N) is 1. The largest absolute Gasteiger partial charge is 0.396 e. The molecule has 5 nitrogen and oxygen atoms in total. The number of hydrogen-bond acceptors (Lipinski definition) is 6. The molecule has 3 rings (SSSR count). The van der Waals surface area contributed by atoms with Crippen LogP contribution in [-0.4, -0.2) is 42.9 Å². The summed E-state index contributed by atoms with van der Waals surface area (Å²) in [4.78, 5) is 3.53. The third-order valence-electron chi connectivity index (χ3n) is 3.99. The molecule has 0 spiro atoms. The van der Waals surface area contributed by atoms with Gasteiger partial charge in [0.05, 0.1) is 30.8 Å². The molecule has 0 aliphatic carbocycles. The zero-order valence-corrected chi connectivity index (χ0v) is 11.5. The molecule has 0 bridgehead atoms. The van der Waals surface area contributed by atoms with Gasteiger partial charge in [-0.3, -0.25) is 4.90 Å². The van der Waals surface area contributed by atoms with Gasteiger partial charge in [0.25, 0.3) is 0 Å². The summed E-state index contributed by atoms with van der Waals surface area (Å²) in [7, 11) is 0. The summed E-state index contributed by atoms with van der Waals surface area (Å²) in [5, 5.41) is 19.2. The first kappa shape index (κ1) is 12.9. The quantitative estimate of drug-likeness (QED) is 0.845. The van der Waals surface area contributed by atoms with Crippen molar-refractivity contribution in [3.05, 3.63) is 16.0 Å². The lowest BCUT2D eigenvalue weighted by molar-refractivity contribution is -0.149. The standard InChI is InChI=1S/C13H17N3O2S/c14-3-10-9-1-2-16(4-11(9)19-12(10)15)5-13(6-17)7-18-8-13/h17H,1-2,4-8,15H2. The van der Waals surface area contributed by atoms with Gasteiger partial charge < -0.3 is 15.6 Å². The van der Waals surface area contributed by atoms with Gasteiger partial charge in [-0.25, -0.2) is 0 Å². The van der Waals surface area contributed by atoms with Gasteiger partial charge in [-0.1, -0.05) is 0 Å². The molecule has 1 aromatic rings. The molecule has 3 N–H and O–H groups in total. The number of ether oxygens (including phenoxy) is 1. The molecule has 3 heterocycles. The van der Waals surface area contributed by atoms with Crippen molar-refractivity contribution in [3.8, 4) is 6.07 Å². The zero-order chi connectivity index (χ0) is 13.5. The average Bonchev–Trinajstić information content (AvgIpc) is 2.68. The molecule has 1 saturated heterocycles. The first-order valence-corrected chi connectivity index (χ1v) is 7.20. The molecule has 19 heavy (non-hydrogen) atoms. The van der Waals surface area contributed by atoms with Gasteiger partial charge in [0.15, 0.2) is 0 Å².